The zero-order chi connectivity index (χ0) is 39.1. The van der Waals surface area contributed by atoms with Gasteiger partial charge < -0.3 is 50.5 Å². The van der Waals surface area contributed by atoms with Crippen molar-refractivity contribution in [3.8, 4) is 0 Å². The molecule has 1 heterocycles. The highest BCUT2D eigenvalue weighted by Crippen LogP contribution is 2.23. The first-order valence-electron chi connectivity index (χ1n) is 21.2. The first-order valence-corrected chi connectivity index (χ1v) is 21.2. The number of carbonyl (C=O) groups excluding carboxylic acids is 1. The number of aliphatic hydroxyl groups is 7. The average molecular weight is 758 g/mol. The summed E-state index contributed by atoms with van der Waals surface area (Å²) in [5.41, 5.74) is 0. The van der Waals surface area contributed by atoms with Gasteiger partial charge in [-0.05, 0) is 25.7 Å². The van der Waals surface area contributed by atoms with E-state index in [4.69, 9.17) is 9.47 Å². The van der Waals surface area contributed by atoms with Crippen LogP contribution in [0.2, 0.25) is 0 Å². The van der Waals surface area contributed by atoms with E-state index in [-0.39, 0.29) is 6.42 Å². The summed E-state index contributed by atoms with van der Waals surface area (Å²) >= 11 is 0. The largest absolute Gasteiger partial charge is 0.394 e. The van der Waals surface area contributed by atoms with Crippen LogP contribution < -0.4 is 5.32 Å². The second-order valence-corrected chi connectivity index (χ2v) is 15.1. The van der Waals surface area contributed by atoms with Gasteiger partial charge in [0.05, 0.1) is 25.4 Å². The highest BCUT2D eigenvalue weighted by molar-refractivity contribution is 5.81. The summed E-state index contributed by atoms with van der Waals surface area (Å²) in [6, 6.07) is -1.19. The van der Waals surface area contributed by atoms with Crippen molar-refractivity contribution in [3.63, 3.8) is 0 Å². The molecule has 11 nitrogen and oxygen atoms in total. The summed E-state index contributed by atoms with van der Waals surface area (Å²) in [7, 11) is 0. The molecule has 1 aliphatic heterocycles. The van der Waals surface area contributed by atoms with Crippen LogP contribution in [0.15, 0.2) is 24.3 Å². The van der Waals surface area contributed by atoms with Gasteiger partial charge in [0.2, 0.25) is 5.91 Å². The maximum Gasteiger partial charge on any atom is 0.249 e. The quantitative estimate of drug-likeness (QED) is 0.0291. The second kappa shape index (κ2) is 32.8. The van der Waals surface area contributed by atoms with Gasteiger partial charge in [0.25, 0.3) is 0 Å². The van der Waals surface area contributed by atoms with Gasteiger partial charge in [-0.25, -0.2) is 0 Å². The molecule has 1 rings (SSSR count). The van der Waals surface area contributed by atoms with E-state index in [1.807, 2.05) is 6.08 Å². The van der Waals surface area contributed by atoms with Gasteiger partial charge in [0, 0.05) is 6.42 Å². The van der Waals surface area contributed by atoms with E-state index in [0.717, 1.165) is 25.7 Å². The fourth-order valence-electron chi connectivity index (χ4n) is 6.66. The average Bonchev–Trinajstić information content (AvgIpc) is 3.16. The smallest absolute Gasteiger partial charge is 0.249 e. The predicted molar refractivity (Wildman–Crippen MR) is 210 cm³/mol. The summed E-state index contributed by atoms with van der Waals surface area (Å²) in [4.78, 5) is 13.0. The van der Waals surface area contributed by atoms with Crippen molar-refractivity contribution in [2.24, 2.45) is 0 Å². The van der Waals surface area contributed by atoms with Crippen LogP contribution in [0.25, 0.3) is 0 Å². The van der Waals surface area contributed by atoms with Crippen molar-refractivity contribution in [1.82, 2.24) is 5.32 Å². The van der Waals surface area contributed by atoms with E-state index in [1.54, 1.807) is 6.08 Å². The van der Waals surface area contributed by atoms with Crippen LogP contribution in [-0.4, -0.2) is 110 Å². The van der Waals surface area contributed by atoms with E-state index in [9.17, 15) is 40.5 Å². The number of unbranched alkanes of at least 4 members (excludes halogenated alkanes) is 19. The Bertz CT molecular complexity index is 918. The molecule has 9 atom stereocenters. The maximum absolute atomic E-state index is 13.0. The molecule has 53 heavy (non-hydrogen) atoms. The number of amides is 1. The summed E-state index contributed by atoms with van der Waals surface area (Å²) in [5, 5.41) is 75.3. The Labute approximate surface area is 321 Å². The lowest BCUT2D eigenvalue weighted by Crippen LogP contribution is -2.60. The van der Waals surface area contributed by atoms with Crippen molar-refractivity contribution in [2.75, 3.05) is 13.2 Å². The molecule has 0 aromatic carbocycles. The number of carbonyl (C=O) groups is 1. The third kappa shape index (κ3) is 23.3. The minimum atomic E-state index is -1.67. The zero-order valence-electron chi connectivity index (χ0n) is 33.2. The van der Waals surface area contributed by atoms with Crippen LogP contribution in [0.3, 0.4) is 0 Å². The Kier molecular flexibility index (Phi) is 30.7. The lowest BCUT2D eigenvalue weighted by molar-refractivity contribution is -0.303. The van der Waals surface area contributed by atoms with E-state index in [1.165, 1.54) is 103 Å². The summed E-state index contributed by atoms with van der Waals surface area (Å²) in [5.74, 6) is -0.765. The van der Waals surface area contributed by atoms with Gasteiger partial charge in [-0.15, -0.1) is 0 Å². The van der Waals surface area contributed by atoms with Crippen LogP contribution >= 0.6 is 0 Å². The van der Waals surface area contributed by atoms with Crippen LogP contribution in [0.5, 0.6) is 0 Å². The Hall–Kier alpha value is -1.41. The first kappa shape index (κ1) is 49.6. The van der Waals surface area contributed by atoms with Gasteiger partial charge >= 0.3 is 0 Å². The third-order valence-electron chi connectivity index (χ3n) is 10.3. The fraction of sp³-hybridized carbons (Fsp3) is 0.881. The number of hydrogen-bond donors (Lipinski definition) is 8. The molecule has 312 valence electrons. The number of hydrogen-bond acceptors (Lipinski definition) is 10. The van der Waals surface area contributed by atoms with E-state index < -0.39 is 74.2 Å². The van der Waals surface area contributed by atoms with Gasteiger partial charge in [0.15, 0.2) is 6.29 Å². The molecule has 0 radical (unpaired) electrons. The summed E-state index contributed by atoms with van der Waals surface area (Å²) < 4.78 is 11.0. The number of nitrogens with one attached hydrogen (secondary N) is 1. The number of rotatable bonds is 34. The monoisotopic (exact) mass is 758 g/mol. The van der Waals surface area contributed by atoms with E-state index in [2.05, 4.69) is 31.3 Å². The molecular formula is C42H79NO10. The van der Waals surface area contributed by atoms with Crippen LogP contribution in [0.4, 0.5) is 0 Å². The van der Waals surface area contributed by atoms with Crippen molar-refractivity contribution < 1.29 is 50.0 Å². The molecule has 0 aliphatic carbocycles. The Balaban J connectivity index is 2.56. The zero-order valence-corrected chi connectivity index (χ0v) is 33.2. The molecular weight excluding hydrogens is 678 g/mol. The molecule has 11 heteroatoms. The normalized spacial score (nSPS) is 23.1. The highest BCUT2D eigenvalue weighted by Gasteiger charge is 2.44. The number of ether oxygens (including phenoxy) is 2. The molecule has 0 spiro atoms. The summed E-state index contributed by atoms with van der Waals surface area (Å²) in [6.45, 7) is 3.37. The molecule has 1 saturated heterocycles. The lowest BCUT2D eigenvalue weighted by atomic mass is 9.98. The molecule has 0 saturated carbocycles. The van der Waals surface area contributed by atoms with E-state index in [0.29, 0.717) is 19.3 Å². The van der Waals surface area contributed by atoms with E-state index >= 15 is 0 Å². The Morgan fingerprint density at radius 1 is 0.679 bits per heavy atom. The Morgan fingerprint density at radius 3 is 1.74 bits per heavy atom. The van der Waals surface area contributed by atoms with Crippen molar-refractivity contribution in [3.05, 3.63) is 24.3 Å². The number of allylic oxidation sites excluding steroid dienone is 3. The van der Waals surface area contributed by atoms with Crippen LogP contribution in [-0.2, 0) is 14.3 Å². The minimum Gasteiger partial charge on any atom is -0.394 e. The Morgan fingerprint density at radius 2 is 1.19 bits per heavy atom. The molecule has 9 unspecified atom stereocenters. The predicted octanol–water partition coefficient (Wildman–Crippen LogP) is 5.89. The number of aliphatic hydroxyl groups excluding tert-OH is 7. The highest BCUT2D eigenvalue weighted by atomic mass is 16.7. The van der Waals surface area contributed by atoms with Gasteiger partial charge in [-0.3, -0.25) is 4.79 Å². The van der Waals surface area contributed by atoms with Crippen LogP contribution in [0, 0.1) is 0 Å². The van der Waals surface area contributed by atoms with Crippen LogP contribution in [0.1, 0.15) is 168 Å². The SMILES string of the molecule is CCCCCCCC/C=C\C/C=C\CC(O)C(=O)NC(COC1OC(CO)C(O)C(O)C1O)C(O)C(O)CCCCCCCCCCCCCCCC. The minimum absolute atomic E-state index is 0.0507. The maximum atomic E-state index is 13.0. The molecule has 1 amide bonds. The molecule has 0 bridgehead atoms. The molecule has 0 aromatic rings. The molecule has 1 aliphatic rings. The lowest BCUT2D eigenvalue weighted by Gasteiger charge is -2.40. The standard InChI is InChI=1S/C42H79NO10/c1-3-5-7-9-11-13-15-17-18-20-21-23-25-27-29-34(45)37(47)33(32-52-42-40(50)39(49)38(48)36(31-44)53-42)43-41(51)35(46)30-28-26-24-22-19-16-14-12-10-8-6-4-2/h19,22,26,28,33-40,42,44-50H,3-18,20-21,23-25,27,29-32H2,1-2H3,(H,43,51)/b22-19-,28-26-. The van der Waals surface area contributed by atoms with Gasteiger partial charge in [-0.1, -0.05) is 160 Å². The second-order valence-electron chi connectivity index (χ2n) is 15.1. The topological polar surface area (TPSA) is 189 Å². The summed E-state index contributed by atoms with van der Waals surface area (Å²) in [6.07, 6.45) is 22.5. The fourth-order valence-corrected chi connectivity index (χ4v) is 6.66. The van der Waals surface area contributed by atoms with Crippen molar-refractivity contribution in [2.45, 2.75) is 223 Å². The van der Waals surface area contributed by atoms with Gasteiger partial charge in [-0.2, -0.15) is 0 Å². The first-order chi connectivity index (χ1) is 25.7. The van der Waals surface area contributed by atoms with Crippen molar-refractivity contribution in [1.29, 1.82) is 0 Å². The molecule has 1 fully saturated rings. The van der Waals surface area contributed by atoms with Crippen molar-refractivity contribution >= 4 is 5.91 Å². The molecule has 0 aromatic heterocycles. The third-order valence-corrected chi connectivity index (χ3v) is 10.3. The molecule has 8 N–H and O–H groups in total. The van der Waals surface area contributed by atoms with Gasteiger partial charge in [0.1, 0.15) is 36.6 Å².